The summed E-state index contributed by atoms with van der Waals surface area (Å²) >= 11 is 0. The molecule has 2 heterocycles. The summed E-state index contributed by atoms with van der Waals surface area (Å²) in [5, 5.41) is 3.19. The lowest BCUT2D eigenvalue weighted by Crippen LogP contribution is -2.29. The monoisotopic (exact) mass is 182 g/mol. The maximum absolute atomic E-state index is 14.3. The highest BCUT2D eigenvalue weighted by molar-refractivity contribution is 5.14. The lowest BCUT2D eigenvalue weighted by molar-refractivity contribution is 0.107. The van der Waals surface area contributed by atoms with E-state index in [1.165, 1.54) is 0 Å². The molecule has 72 valence electrons. The van der Waals surface area contributed by atoms with Gasteiger partial charge in [0.05, 0.1) is 5.69 Å². The summed E-state index contributed by atoms with van der Waals surface area (Å²) < 4.78 is 14.3. The number of aromatic nitrogens is 1. The van der Waals surface area contributed by atoms with Gasteiger partial charge in [-0.1, -0.05) is 0 Å². The van der Waals surface area contributed by atoms with Gasteiger partial charge in [-0.15, -0.1) is 0 Å². The van der Waals surface area contributed by atoms with Gasteiger partial charge in [-0.3, -0.25) is 0 Å². The van der Waals surface area contributed by atoms with Crippen LogP contribution in [-0.2, 0) is 5.67 Å². The van der Waals surface area contributed by atoms with E-state index in [0.29, 0.717) is 5.69 Å². The van der Waals surface area contributed by atoms with Gasteiger partial charge in [0.15, 0.2) is 5.67 Å². The van der Waals surface area contributed by atoms with E-state index in [0.717, 1.165) is 19.5 Å². The first kappa shape index (κ1) is 8.75. The Morgan fingerprint density at radius 1 is 1.62 bits per heavy atom. The summed E-state index contributed by atoms with van der Waals surface area (Å²) in [6.45, 7) is 3.38. The fourth-order valence-corrected chi connectivity index (χ4v) is 1.97. The molecule has 0 aromatic carbocycles. The smallest absolute Gasteiger partial charge is 0.151 e. The third-order valence-electron chi connectivity index (χ3n) is 2.95. The van der Waals surface area contributed by atoms with Gasteiger partial charge in [0, 0.05) is 18.7 Å². The van der Waals surface area contributed by atoms with Gasteiger partial charge in [0.1, 0.15) is 0 Å². The normalized spacial score (nSPS) is 27.4. The number of H-pyrrole nitrogens is 1. The lowest BCUT2D eigenvalue weighted by Gasteiger charge is -2.25. The van der Waals surface area contributed by atoms with Crippen molar-refractivity contribution in [2.75, 3.05) is 13.1 Å². The largest absolute Gasteiger partial charge is 0.362 e. The zero-order valence-corrected chi connectivity index (χ0v) is 7.81. The van der Waals surface area contributed by atoms with Gasteiger partial charge in [0.2, 0.25) is 0 Å². The minimum absolute atomic E-state index is 0.103. The molecular weight excluding hydrogens is 167 g/mol. The van der Waals surface area contributed by atoms with Crippen molar-refractivity contribution >= 4 is 0 Å². The Kier molecular flexibility index (Phi) is 2.12. The molecule has 0 spiro atoms. The molecule has 1 aromatic heterocycles. The topological polar surface area (TPSA) is 27.8 Å². The second-order valence-electron chi connectivity index (χ2n) is 3.85. The van der Waals surface area contributed by atoms with Crippen LogP contribution in [0.4, 0.5) is 4.39 Å². The van der Waals surface area contributed by atoms with Gasteiger partial charge in [-0.2, -0.15) is 0 Å². The molecule has 0 amide bonds. The predicted octanol–water partition coefficient (Wildman–Crippen LogP) is 1.81. The Morgan fingerprint density at radius 2 is 2.46 bits per heavy atom. The first-order valence-corrected chi connectivity index (χ1v) is 4.75. The first-order chi connectivity index (χ1) is 6.21. The molecular formula is C10H15FN2. The van der Waals surface area contributed by atoms with Crippen LogP contribution in [0, 0.1) is 5.92 Å². The van der Waals surface area contributed by atoms with E-state index < -0.39 is 5.67 Å². The molecule has 2 unspecified atom stereocenters. The minimum atomic E-state index is -1.22. The van der Waals surface area contributed by atoms with Crippen LogP contribution in [0.3, 0.4) is 0 Å². The van der Waals surface area contributed by atoms with Crippen LogP contribution in [0.1, 0.15) is 19.0 Å². The molecule has 2 nitrogen and oxygen atoms in total. The molecule has 0 saturated carbocycles. The predicted molar refractivity (Wildman–Crippen MR) is 50.2 cm³/mol. The molecule has 2 rings (SSSR count). The van der Waals surface area contributed by atoms with E-state index in [-0.39, 0.29) is 5.92 Å². The maximum Gasteiger partial charge on any atom is 0.151 e. The summed E-state index contributed by atoms with van der Waals surface area (Å²) in [6, 6.07) is 3.66. The molecule has 3 heteroatoms. The molecule has 0 aliphatic carbocycles. The standard InChI is InChI=1S/C10H15FN2/c1-10(11,8-4-6-12-7-8)9-3-2-5-13-9/h2-3,5,8,12-13H,4,6-7H2,1H3. The van der Waals surface area contributed by atoms with E-state index in [1.807, 2.05) is 12.1 Å². The van der Waals surface area contributed by atoms with Gasteiger partial charge in [-0.05, 0) is 32.0 Å². The quantitative estimate of drug-likeness (QED) is 0.717. The Hall–Kier alpha value is -0.830. The maximum atomic E-state index is 14.3. The molecule has 1 aliphatic rings. The molecule has 0 bridgehead atoms. The molecule has 1 saturated heterocycles. The van der Waals surface area contributed by atoms with Crippen molar-refractivity contribution in [1.82, 2.24) is 10.3 Å². The Labute approximate surface area is 77.5 Å². The van der Waals surface area contributed by atoms with Crippen LogP contribution in [0.25, 0.3) is 0 Å². The zero-order valence-electron chi connectivity index (χ0n) is 7.81. The SMILES string of the molecule is CC(F)(c1ccc[nH]1)C1CCNC1. The lowest BCUT2D eigenvalue weighted by atomic mass is 9.87. The molecule has 0 radical (unpaired) electrons. The number of alkyl halides is 1. The Morgan fingerprint density at radius 3 is 3.00 bits per heavy atom. The molecule has 1 aliphatic heterocycles. The summed E-state index contributed by atoms with van der Waals surface area (Å²) in [4.78, 5) is 2.95. The highest BCUT2D eigenvalue weighted by Crippen LogP contribution is 2.35. The number of hydrogen-bond donors (Lipinski definition) is 2. The van der Waals surface area contributed by atoms with E-state index in [4.69, 9.17) is 0 Å². The van der Waals surface area contributed by atoms with Crippen molar-refractivity contribution in [1.29, 1.82) is 0 Å². The summed E-state index contributed by atoms with van der Waals surface area (Å²) in [5.41, 5.74) is -0.520. The van der Waals surface area contributed by atoms with E-state index >= 15 is 0 Å². The van der Waals surface area contributed by atoms with Crippen LogP contribution in [0.15, 0.2) is 18.3 Å². The van der Waals surface area contributed by atoms with E-state index in [2.05, 4.69) is 10.3 Å². The first-order valence-electron chi connectivity index (χ1n) is 4.75. The number of rotatable bonds is 2. The fourth-order valence-electron chi connectivity index (χ4n) is 1.97. The van der Waals surface area contributed by atoms with Crippen LogP contribution >= 0.6 is 0 Å². The average molecular weight is 182 g/mol. The minimum Gasteiger partial charge on any atom is -0.362 e. The van der Waals surface area contributed by atoms with Crippen molar-refractivity contribution in [3.8, 4) is 0 Å². The third kappa shape index (κ3) is 1.48. The molecule has 1 fully saturated rings. The highest BCUT2D eigenvalue weighted by Gasteiger charge is 2.38. The van der Waals surface area contributed by atoms with E-state index in [9.17, 15) is 4.39 Å². The zero-order chi connectivity index (χ0) is 9.31. The van der Waals surface area contributed by atoms with Gasteiger partial charge in [0.25, 0.3) is 0 Å². The number of nitrogens with one attached hydrogen (secondary N) is 2. The molecule has 1 aromatic rings. The van der Waals surface area contributed by atoms with Crippen molar-refractivity contribution < 1.29 is 4.39 Å². The highest BCUT2D eigenvalue weighted by atomic mass is 19.1. The second kappa shape index (κ2) is 3.14. The molecule has 13 heavy (non-hydrogen) atoms. The third-order valence-corrected chi connectivity index (χ3v) is 2.95. The van der Waals surface area contributed by atoms with Crippen molar-refractivity contribution in [3.63, 3.8) is 0 Å². The summed E-state index contributed by atoms with van der Waals surface area (Å²) in [6.07, 6.45) is 2.70. The van der Waals surface area contributed by atoms with Crippen LogP contribution < -0.4 is 5.32 Å². The number of halogens is 1. The van der Waals surface area contributed by atoms with E-state index in [1.54, 1.807) is 13.1 Å². The molecule has 2 N–H and O–H groups in total. The van der Waals surface area contributed by atoms with Crippen molar-refractivity contribution in [2.24, 2.45) is 5.92 Å². The summed E-state index contributed by atoms with van der Waals surface area (Å²) in [5.74, 6) is 0.103. The molecule has 2 atom stereocenters. The Bertz CT molecular complexity index is 260. The van der Waals surface area contributed by atoms with Gasteiger partial charge in [-0.25, -0.2) is 4.39 Å². The fraction of sp³-hybridized carbons (Fsp3) is 0.600. The number of aromatic amines is 1. The van der Waals surface area contributed by atoms with Gasteiger partial charge >= 0.3 is 0 Å². The Balaban J connectivity index is 2.19. The average Bonchev–Trinajstić information content (AvgIpc) is 2.78. The summed E-state index contributed by atoms with van der Waals surface area (Å²) in [7, 11) is 0. The van der Waals surface area contributed by atoms with Crippen LogP contribution in [0.2, 0.25) is 0 Å². The van der Waals surface area contributed by atoms with Crippen molar-refractivity contribution in [2.45, 2.75) is 19.0 Å². The van der Waals surface area contributed by atoms with Crippen molar-refractivity contribution in [3.05, 3.63) is 24.0 Å². The van der Waals surface area contributed by atoms with Gasteiger partial charge < -0.3 is 10.3 Å². The number of hydrogen-bond acceptors (Lipinski definition) is 1. The van der Waals surface area contributed by atoms with Crippen LogP contribution in [-0.4, -0.2) is 18.1 Å². The second-order valence-corrected chi connectivity index (χ2v) is 3.85. The van der Waals surface area contributed by atoms with Crippen LogP contribution in [0.5, 0.6) is 0 Å².